The van der Waals surface area contributed by atoms with Crippen molar-refractivity contribution in [2.75, 3.05) is 0 Å². The summed E-state index contributed by atoms with van der Waals surface area (Å²) in [6.07, 6.45) is 3.94. The molecule has 112 valence electrons. The van der Waals surface area contributed by atoms with Gasteiger partial charge in [-0.15, -0.1) is 0 Å². The van der Waals surface area contributed by atoms with Crippen molar-refractivity contribution in [1.29, 1.82) is 0 Å². The third kappa shape index (κ3) is 4.34. The van der Waals surface area contributed by atoms with Gasteiger partial charge in [-0.05, 0) is 36.8 Å². The number of aliphatic hydroxyl groups excluding tert-OH is 1. The largest absolute Gasteiger partial charge is 0.392 e. The highest BCUT2D eigenvalue weighted by Crippen LogP contribution is 2.28. The van der Waals surface area contributed by atoms with E-state index in [9.17, 15) is 9.90 Å². The number of carbonyl (C=O) groups excluding carboxylic acids is 1. The molecule has 0 aliphatic carbocycles. The van der Waals surface area contributed by atoms with E-state index in [-0.39, 0.29) is 0 Å². The van der Waals surface area contributed by atoms with Crippen molar-refractivity contribution >= 4 is 5.91 Å². The molecular weight excluding hydrogens is 250 g/mol. The molecule has 1 rings (SSSR count). The molecule has 1 amide bonds. The molecule has 0 radical (unpaired) electrons. The zero-order valence-electron chi connectivity index (χ0n) is 12.8. The number of hydrogen-bond donors (Lipinski definition) is 2. The van der Waals surface area contributed by atoms with Gasteiger partial charge < -0.3 is 10.8 Å². The molecule has 2 atom stereocenters. The van der Waals surface area contributed by atoms with Gasteiger partial charge in [0.25, 0.3) is 0 Å². The van der Waals surface area contributed by atoms with Gasteiger partial charge in [0.05, 0.1) is 12.0 Å². The Bertz CT molecular complexity index is 406. The minimum absolute atomic E-state index is 0.480. The Labute approximate surface area is 122 Å². The average Bonchev–Trinajstić information content (AvgIpc) is 2.38. The van der Waals surface area contributed by atoms with Gasteiger partial charge >= 0.3 is 0 Å². The predicted molar refractivity (Wildman–Crippen MR) is 82.6 cm³/mol. The molecule has 0 saturated heterocycles. The molecule has 0 aliphatic heterocycles. The fraction of sp³-hybridized carbons (Fsp3) is 0.588. The zero-order valence-corrected chi connectivity index (χ0v) is 12.8. The van der Waals surface area contributed by atoms with Gasteiger partial charge in [0.1, 0.15) is 0 Å². The maximum absolute atomic E-state index is 11.4. The molecule has 0 bridgehead atoms. The number of amides is 1. The molecule has 0 aromatic heterocycles. The summed E-state index contributed by atoms with van der Waals surface area (Å²) >= 11 is 0. The van der Waals surface area contributed by atoms with Gasteiger partial charge in [0.2, 0.25) is 5.91 Å². The summed E-state index contributed by atoms with van der Waals surface area (Å²) in [4.78, 5) is 11.4. The quantitative estimate of drug-likeness (QED) is 0.765. The van der Waals surface area contributed by atoms with Crippen molar-refractivity contribution in [3.63, 3.8) is 0 Å². The number of carbonyl (C=O) groups is 1. The van der Waals surface area contributed by atoms with E-state index in [2.05, 4.69) is 26.0 Å². The smallest absolute Gasteiger partial charge is 0.227 e. The van der Waals surface area contributed by atoms with Crippen molar-refractivity contribution in [2.45, 2.75) is 64.4 Å². The SMILES string of the molecule is CCCC(CCC)c1ccc(C(C(N)=O)[C@@H](C)O)cc1. The van der Waals surface area contributed by atoms with Crippen molar-refractivity contribution in [3.05, 3.63) is 35.4 Å². The van der Waals surface area contributed by atoms with Crippen molar-refractivity contribution in [1.82, 2.24) is 0 Å². The molecule has 3 nitrogen and oxygen atoms in total. The van der Waals surface area contributed by atoms with Gasteiger partial charge in [-0.1, -0.05) is 51.0 Å². The molecule has 0 heterocycles. The highest BCUT2D eigenvalue weighted by atomic mass is 16.3. The fourth-order valence-corrected chi connectivity index (χ4v) is 2.83. The lowest BCUT2D eigenvalue weighted by Crippen LogP contribution is -2.29. The molecule has 20 heavy (non-hydrogen) atoms. The molecule has 0 fully saturated rings. The number of rotatable bonds is 8. The highest BCUT2D eigenvalue weighted by Gasteiger charge is 2.23. The van der Waals surface area contributed by atoms with Crippen LogP contribution in [0, 0.1) is 0 Å². The van der Waals surface area contributed by atoms with Crippen LogP contribution in [0.25, 0.3) is 0 Å². The molecule has 1 aromatic carbocycles. The summed E-state index contributed by atoms with van der Waals surface area (Å²) in [6, 6.07) is 8.00. The Kier molecular flexibility index (Phi) is 6.73. The maximum Gasteiger partial charge on any atom is 0.227 e. The van der Waals surface area contributed by atoms with Gasteiger partial charge in [-0.25, -0.2) is 0 Å². The molecule has 1 aromatic rings. The molecule has 3 N–H and O–H groups in total. The van der Waals surface area contributed by atoms with E-state index in [0.717, 1.165) is 5.56 Å². The molecule has 3 heteroatoms. The van der Waals surface area contributed by atoms with Crippen LogP contribution in [0.4, 0.5) is 0 Å². The highest BCUT2D eigenvalue weighted by molar-refractivity contribution is 5.82. The second kappa shape index (κ2) is 8.05. The fourth-order valence-electron chi connectivity index (χ4n) is 2.83. The summed E-state index contributed by atoms with van der Waals surface area (Å²) < 4.78 is 0. The van der Waals surface area contributed by atoms with E-state index >= 15 is 0 Å². The lowest BCUT2D eigenvalue weighted by atomic mass is 9.87. The number of nitrogens with two attached hydrogens (primary N) is 1. The van der Waals surface area contributed by atoms with Crippen LogP contribution in [0.1, 0.15) is 69.4 Å². The van der Waals surface area contributed by atoms with E-state index in [4.69, 9.17) is 5.73 Å². The van der Waals surface area contributed by atoms with Crippen LogP contribution >= 0.6 is 0 Å². The van der Waals surface area contributed by atoms with Crippen LogP contribution < -0.4 is 5.73 Å². The van der Waals surface area contributed by atoms with E-state index in [1.807, 2.05) is 12.1 Å². The van der Waals surface area contributed by atoms with E-state index in [1.165, 1.54) is 31.2 Å². The molecule has 0 saturated carbocycles. The van der Waals surface area contributed by atoms with Crippen molar-refractivity contribution < 1.29 is 9.90 Å². The minimum atomic E-state index is -0.763. The van der Waals surface area contributed by atoms with Crippen molar-refractivity contribution in [2.24, 2.45) is 5.73 Å². The first kappa shape index (κ1) is 16.7. The molecule has 0 spiro atoms. The first-order valence-electron chi connectivity index (χ1n) is 7.58. The van der Waals surface area contributed by atoms with E-state index in [0.29, 0.717) is 5.92 Å². The third-order valence-electron chi connectivity index (χ3n) is 3.83. The molecule has 0 aliphatic rings. The van der Waals surface area contributed by atoms with Crippen LogP contribution in [0.5, 0.6) is 0 Å². The second-order valence-corrected chi connectivity index (χ2v) is 5.56. The minimum Gasteiger partial charge on any atom is -0.392 e. The standard InChI is InChI=1S/C17H27NO2/c1-4-6-13(7-5-2)14-8-10-15(11-9-14)16(12(3)19)17(18)20/h8-13,16,19H,4-7H2,1-3H3,(H2,18,20)/t12-,16?/m1/s1. The summed E-state index contributed by atoms with van der Waals surface area (Å²) in [5.74, 6) is -0.524. The van der Waals surface area contributed by atoms with E-state index in [1.54, 1.807) is 6.92 Å². The average molecular weight is 277 g/mol. The monoisotopic (exact) mass is 277 g/mol. The summed E-state index contributed by atoms with van der Waals surface area (Å²) in [5.41, 5.74) is 7.47. The Morgan fingerprint density at radius 1 is 1.10 bits per heavy atom. The third-order valence-corrected chi connectivity index (χ3v) is 3.83. The van der Waals surface area contributed by atoms with Crippen LogP contribution in [0.3, 0.4) is 0 Å². The number of benzene rings is 1. The predicted octanol–water partition coefficient (Wildman–Crippen LogP) is 3.32. The van der Waals surface area contributed by atoms with Gasteiger partial charge in [-0.2, -0.15) is 0 Å². The lowest BCUT2D eigenvalue weighted by molar-refractivity contribution is -0.121. The van der Waals surface area contributed by atoms with Gasteiger partial charge in [0, 0.05) is 0 Å². The van der Waals surface area contributed by atoms with E-state index < -0.39 is 17.9 Å². The zero-order chi connectivity index (χ0) is 15.1. The second-order valence-electron chi connectivity index (χ2n) is 5.56. The number of primary amides is 1. The Morgan fingerprint density at radius 3 is 1.90 bits per heavy atom. The normalized spacial score (nSPS) is 14.2. The van der Waals surface area contributed by atoms with Gasteiger partial charge in [0.15, 0.2) is 0 Å². The molecular formula is C17H27NO2. The van der Waals surface area contributed by atoms with Gasteiger partial charge in [-0.3, -0.25) is 4.79 Å². The van der Waals surface area contributed by atoms with Crippen LogP contribution in [0.15, 0.2) is 24.3 Å². The number of hydrogen-bond acceptors (Lipinski definition) is 2. The van der Waals surface area contributed by atoms with Crippen molar-refractivity contribution in [3.8, 4) is 0 Å². The Balaban J connectivity index is 2.93. The first-order chi connectivity index (χ1) is 9.51. The summed E-state index contributed by atoms with van der Waals surface area (Å²) in [5, 5.41) is 9.68. The summed E-state index contributed by atoms with van der Waals surface area (Å²) in [7, 11) is 0. The van der Waals surface area contributed by atoms with Crippen LogP contribution in [0.2, 0.25) is 0 Å². The first-order valence-corrected chi connectivity index (χ1v) is 7.58. The molecule has 1 unspecified atom stereocenters. The van der Waals surface area contributed by atoms with Crippen LogP contribution in [-0.4, -0.2) is 17.1 Å². The maximum atomic E-state index is 11.4. The topological polar surface area (TPSA) is 63.3 Å². The summed E-state index contributed by atoms with van der Waals surface area (Å²) in [6.45, 7) is 6.00. The Hall–Kier alpha value is -1.35. The lowest BCUT2D eigenvalue weighted by Gasteiger charge is -2.19. The Morgan fingerprint density at radius 2 is 1.55 bits per heavy atom. The van der Waals surface area contributed by atoms with Crippen LogP contribution in [-0.2, 0) is 4.79 Å². The number of aliphatic hydroxyl groups is 1.